The lowest BCUT2D eigenvalue weighted by molar-refractivity contribution is -0.128. The van der Waals surface area contributed by atoms with Crippen LogP contribution >= 0.6 is 11.6 Å². The molecular weight excluding hydrogens is 484 g/mol. The number of hydrogen-bond donors (Lipinski definition) is 3. The third-order valence-electron chi connectivity index (χ3n) is 8.12. The van der Waals surface area contributed by atoms with Gasteiger partial charge in [-0.3, -0.25) is 9.59 Å². The number of para-hydroxylation sites is 1. The number of H-pyrrole nitrogens is 1. The lowest BCUT2D eigenvalue weighted by atomic mass is 9.80. The largest absolute Gasteiger partial charge is 0.368 e. The smallest absolute Gasteiger partial charge is 0.246 e. The van der Waals surface area contributed by atoms with Crippen molar-refractivity contribution in [1.82, 2.24) is 15.2 Å². The van der Waals surface area contributed by atoms with Crippen LogP contribution in [-0.2, 0) is 9.59 Å². The third-order valence-corrected chi connectivity index (χ3v) is 8.37. The zero-order valence-electron chi connectivity index (χ0n) is 21.0. The van der Waals surface area contributed by atoms with Crippen LogP contribution in [0.3, 0.4) is 0 Å². The second-order valence-corrected chi connectivity index (χ2v) is 10.9. The van der Waals surface area contributed by atoms with Crippen LogP contribution in [-0.4, -0.2) is 46.9 Å². The maximum Gasteiger partial charge on any atom is 0.246 e. The fourth-order valence-corrected chi connectivity index (χ4v) is 6.13. The van der Waals surface area contributed by atoms with Crippen molar-refractivity contribution in [3.8, 4) is 0 Å². The summed E-state index contributed by atoms with van der Waals surface area (Å²) in [4.78, 5) is 30.4. The molecule has 1 unspecified atom stereocenters. The lowest BCUT2D eigenvalue weighted by Gasteiger charge is -2.38. The molecule has 1 saturated heterocycles. The molecule has 1 saturated carbocycles. The average molecular weight is 519 g/mol. The molecule has 2 aliphatic rings. The van der Waals surface area contributed by atoms with E-state index in [1.165, 1.54) is 16.5 Å². The minimum absolute atomic E-state index is 0.00686. The molecule has 2 fully saturated rings. The summed E-state index contributed by atoms with van der Waals surface area (Å²) in [6.07, 6.45) is 11.4. The Balaban J connectivity index is 1.12. The van der Waals surface area contributed by atoms with Crippen LogP contribution < -0.4 is 11.1 Å². The normalized spacial score (nSPS) is 21.9. The van der Waals surface area contributed by atoms with E-state index in [-0.39, 0.29) is 23.8 Å². The number of carbonyl (C=O) groups is 2. The minimum Gasteiger partial charge on any atom is -0.368 e. The Labute approximate surface area is 223 Å². The molecule has 3 aromatic rings. The predicted molar refractivity (Wildman–Crippen MR) is 149 cm³/mol. The number of hydrogen-bond acceptors (Lipinski definition) is 3. The first-order valence-corrected chi connectivity index (χ1v) is 13.7. The quantitative estimate of drug-likeness (QED) is 0.373. The number of nitrogens with one attached hydrogen (secondary N) is 2. The summed E-state index contributed by atoms with van der Waals surface area (Å²) in [5, 5.41) is 5.60. The fraction of sp³-hybridized carbons (Fsp3) is 0.400. The molecule has 7 heteroatoms. The van der Waals surface area contributed by atoms with Crippen LogP contribution in [0.15, 0.2) is 60.8 Å². The van der Waals surface area contributed by atoms with Gasteiger partial charge in [-0.1, -0.05) is 41.9 Å². The molecule has 37 heavy (non-hydrogen) atoms. The van der Waals surface area contributed by atoms with Gasteiger partial charge >= 0.3 is 0 Å². The number of nitrogens with zero attached hydrogens (tertiary/aromatic N) is 1. The van der Waals surface area contributed by atoms with Gasteiger partial charge in [0.1, 0.15) is 0 Å². The SMILES string of the molecule is NC(=O)C(NC1CCC(c2c[nH]c3ccccc23)CC1)C1CCN(C(=O)/C=C/c2ccc(Cl)cc2)CC1. The van der Waals surface area contributed by atoms with E-state index in [2.05, 4.69) is 40.8 Å². The van der Waals surface area contributed by atoms with Gasteiger partial charge in [-0.2, -0.15) is 0 Å². The van der Waals surface area contributed by atoms with E-state index in [9.17, 15) is 9.59 Å². The van der Waals surface area contributed by atoms with Crippen molar-refractivity contribution in [3.05, 3.63) is 77.0 Å². The topological polar surface area (TPSA) is 91.2 Å². The Hall–Kier alpha value is -3.09. The summed E-state index contributed by atoms with van der Waals surface area (Å²) in [5.74, 6) is 0.392. The van der Waals surface area contributed by atoms with Gasteiger partial charge in [0.05, 0.1) is 6.04 Å². The first-order chi connectivity index (χ1) is 18.0. The first-order valence-electron chi connectivity index (χ1n) is 13.3. The molecule has 1 atom stereocenters. The van der Waals surface area contributed by atoms with Crippen molar-refractivity contribution >= 4 is 40.4 Å². The third kappa shape index (κ3) is 6.08. The highest BCUT2D eigenvalue weighted by atomic mass is 35.5. The van der Waals surface area contributed by atoms with E-state index < -0.39 is 0 Å². The predicted octanol–water partition coefficient (Wildman–Crippen LogP) is 5.24. The monoisotopic (exact) mass is 518 g/mol. The van der Waals surface area contributed by atoms with E-state index in [4.69, 9.17) is 17.3 Å². The highest BCUT2D eigenvalue weighted by molar-refractivity contribution is 6.30. The Morgan fingerprint density at radius 3 is 2.41 bits per heavy atom. The summed E-state index contributed by atoms with van der Waals surface area (Å²) in [5.41, 5.74) is 9.39. The maximum atomic E-state index is 12.7. The van der Waals surface area contributed by atoms with E-state index >= 15 is 0 Å². The number of aromatic nitrogens is 1. The minimum atomic E-state index is -0.350. The summed E-state index contributed by atoms with van der Waals surface area (Å²) < 4.78 is 0. The number of halogens is 1. The molecule has 0 radical (unpaired) electrons. The highest BCUT2D eigenvalue weighted by Gasteiger charge is 2.34. The van der Waals surface area contributed by atoms with Gasteiger partial charge in [0.15, 0.2) is 0 Å². The van der Waals surface area contributed by atoms with Crippen LogP contribution in [0.25, 0.3) is 17.0 Å². The number of likely N-dealkylation sites (tertiary alicyclic amines) is 1. The Morgan fingerprint density at radius 2 is 1.70 bits per heavy atom. The summed E-state index contributed by atoms with van der Waals surface area (Å²) >= 11 is 5.93. The van der Waals surface area contributed by atoms with E-state index in [1.54, 1.807) is 6.08 Å². The molecule has 5 rings (SSSR count). The molecular formula is C30H35ClN4O2. The van der Waals surface area contributed by atoms with E-state index in [0.29, 0.717) is 30.1 Å². The van der Waals surface area contributed by atoms with Crippen molar-refractivity contribution in [1.29, 1.82) is 0 Å². The van der Waals surface area contributed by atoms with Crippen LogP contribution in [0.5, 0.6) is 0 Å². The summed E-state index contributed by atoms with van der Waals surface area (Å²) in [6.45, 7) is 1.26. The number of fused-ring (bicyclic) bond motifs is 1. The molecule has 0 bridgehead atoms. The number of aromatic amines is 1. The van der Waals surface area contributed by atoms with Crippen molar-refractivity contribution in [3.63, 3.8) is 0 Å². The number of piperidine rings is 1. The van der Waals surface area contributed by atoms with Gasteiger partial charge < -0.3 is 20.9 Å². The average Bonchev–Trinajstić information content (AvgIpc) is 3.36. The number of rotatable bonds is 7. The van der Waals surface area contributed by atoms with E-state index in [0.717, 1.165) is 44.1 Å². The second-order valence-electron chi connectivity index (χ2n) is 10.4. The molecule has 2 heterocycles. The molecule has 2 amide bonds. The highest BCUT2D eigenvalue weighted by Crippen LogP contribution is 2.37. The zero-order chi connectivity index (χ0) is 25.8. The van der Waals surface area contributed by atoms with Crippen molar-refractivity contribution in [2.75, 3.05) is 13.1 Å². The molecule has 4 N–H and O–H groups in total. The van der Waals surface area contributed by atoms with Crippen LogP contribution in [0, 0.1) is 5.92 Å². The standard InChI is InChI=1S/C30H35ClN4O2/c31-23-10-5-20(6-11-23)7-14-28(36)35-17-15-22(16-18-35)29(30(32)37)34-24-12-8-21(9-13-24)26-19-33-27-4-2-1-3-25(26)27/h1-7,10-11,14,19,21-22,24,29,33-34H,8-9,12-13,15-18H2,(H2,32,37)/b14-7+. The van der Waals surface area contributed by atoms with E-state index in [1.807, 2.05) is 35.2 Å². The molecule has 1 aromatic heterocycles. The fourth-order valence-electron chi connectivity index (χ4n) is 6.01. The Morgan fingerprint density at radius 1 is 1.00 bits per heavy atom. The Kier molecular flexibility index (Phi) is 7.96. The van der Waals surface area contributed by atoms with Crippen molar-refractivity contribution < 1.29 is 9.59 Å². The summed E-state index contributed by atoms with van der Waals surface area (Å²) in [6, 6.07) is 15.8. The van der Waals surface area contributed by atoms with Gasteiger partial charge in [0.25, 0.3) is 0 Å². The van der Waals surface area contributed by atoms with Crippen molar-refractivity contribution in [2.24, 2.45) is 11.7 Å². The molecule has 0 spiro atoms. The number of nitrogens with two attached hydrogens (primary N) is 1. The number of primary amides is 1. The number of amides is 2. The molecule has 1 aliphatic carbocycles. The number of benzene rings is 2. The maximum absolute atomic E-state index is 12.7. The van der Waals surface area contributed by atoms with Gasteiger partial charge in [-0.25, -0.2) is 0 Å². The first kappa shape index (κ1) is 25.6. The van der Waals surface area contributed by atoms with Crippen LogP contribution in [0.4, 0.5) is 0 Å². The molecule has 194 valence electrons. The number of carbonyl (C=O) groups excluding carboxylic acids is 2. The second kappa shape index (κ2) is 11.5. The summed E-state index contributed by atoms with van der Waals surface area (Å²) in [7, 11) is 0. The molecule has 2 aromatic carbocycles. The van der Waals surface area contributed by atoms with Crippen molar-refractivity contribution in [2.45, 2.75) is 56.5 Å². The lowest BCUT2D eigenvalue weighted by Crippen LogP contribution is -2.54. The van der Waals surface area contributed by atoms with Gasteiger partial charge in [0.2, 0.25) is 11.8 Å². The van der Waals surface area contributed by atoms with Gasteiger partial charge in [0, 0.05) is 47.3 Å². The van der Waals surface area contributed by atoms with Gasteiger partial charge in [-0.05, 0) is 85.8 Å². The Bertz CT molecular complexity index is 1250. The van der Waals surface area contributed by atoms with Crippen LogP contribution in [0.2, 0.25) is 5.02 Å². The zero-order valence-corrected chi connectivity index (χ0v) is 21.8. The molecule has 6 nitrogen and oxygen atoms in total. The van der Waals surface area contributed by atoms with Gasteiger partial charge in [-0.15, -0.1) is 0 Å². The van der Waals surface area contributed by atoms with Crippen LogP contribution in [0.1, 0.15) is 55.6 Å². The molecule has 1 aliphatic heterocycles.